The molecule has 1 aliphatic carbocycles. The number of amides is 1. The van der Waals surface area contributed by atoms with Crippen molar-refractivity contribution in [1.82, 2.24) is 4.90 Å². The number of rotatable bonds is 3. The summed E-state index contributed by atoms with van der Waals surface area (Å²) in [6.07, 6.45) is 5.61. The third-order valence-corrected chi connectivity index (χ3v) is 3.14. The fourth-order valence-electron chi connectivity index (χ4n) is 2.06. The molecule has 0 bridgehead atoms. The van der Waals surface area contributed by atoms with Crippen molar-refractivity contribution in [3.05, 3.63) is 0 Å². The zero-order valence-corrected chi connectivity index (χ0v) is 9.20. The van der Waals surface area contributed by atoms with Crippen molar-refractivity contribution in [3.8, 4) is 0 Å². The summed E-state index contributed by atoms with van der Waals surface area (Å²) in [6.45, 7) is 1.83. The van der Waals surface area contributed by atoms with E-state index in [-0.39, 0.29) is 5.91 Å². The molecular weight excluding hydrogens is 178 g/mol. The summed E-state index contributed by atoms with van der Waals surface area (Å²) < 4.78 is 0. The monoisotopic (exact) mass is 199 g/mol. The highest BCUT2D eigenvalue weighted by Gasteiger charge is 2.25. The molecule has 0 saturated heterocycles. The van der Waals surface area contributed by atoms with Gasteiger partial charge in [0.25, 0.3) is 5.91 Å². The molecule has 3 heteroatoms. The minimum absolute atomic E-state index is 0.112. The topological polar surface area (TPSA) is 40.5 Å². The molecule has 0 aromatic rings. The first-order valence-corrected chi connectivity index (χ1v) is 5.61. The molecule has 0 aromatic carbocycles. The van der Waals surface area contributed by atoms with Crippen LogP contribution in [0.25, 0.3) is 0 Å². The van der Waals surface area contributed by atoms with E-state index in [0.29, 0.717) is 12.5 Å². The van der Waals surface area contributed by atoms with Crippen LogP contribution in [0.5, 0.6) is 0 Å². The van der Waals surface area contributed by atoms with E-state index in [9.17, 15) is 9.90 Å². The van der Waals surface area contributed by atoms with Gasteiger partial charge >= 0.3 is 0 Å². The van der Waals surface area contributed by atoms with Gasteiger partial charge in [0.1, 0.15) is 6.10 Å². The van der Waals surface area contributed by atoms with E-state index in [1.165, 1.54) is 19.3 Å². The molecule has 1 atom stereocenters. The molecule has 0 aliphatic heterocycles. The van der Waals surface area contributed by atoms with E-state index in [4.69, 9.17) is 0 Å². The maximum Gasteiger partial charge on any atom is 0.251 e. The van der Waals surface area contributed by atoms with Crippen LogP contribution < -0.4 is 0 Å². The average molecular weight is 199 g/mol. The first kappa shape index (κ1) is 11.5. The van der Waals surface area contributed by atoms with Crippen LogP contribution in [-0.4, -0.2) is 35.1 Å². The molecule has 82 valence electrons. The van der Waals surface area contributed by atoms with Crippen LogP contribution in [0.2, 0.25) is 0 Å². The van der Waals surface area contributed by atoms with Crippen LogP contribution in [0.3, 0.4) is 0 Å². The summed E-state index contributed by atoms with van der Waals surface area (Å²) in [4.78, 5) is 13.4. The molecule has 1 aliphatic rings. The number of aliphatic hydroxyl groups is 1. The normalized spacial score (nSPS) is 20.5. The molecule has 14 heavy (non-hydrogen) atoms. The lowest BCUT2D eigenvalue weighted by molar-refractivity contribution is -0.141. The highest BCUT2D eigenvalue weighted by atomic mass is 16.3. The van der Waals surface area contributed by atoms with E-state index >= 15 is 0 Å². The van der Waals surface area contributed by atoms with Crippen molar-refractivity contribution in [2.45, 2.75) is 57.6 Å². The Morgan fingerprint density at radius 2 is 2.00 bits per heavy atom. The van der Waals surface area contributed by atoms with E-state index < -0.39 is 6.10 Å². The van der Waals surface area contributed by atoms with Crippen molar-refractivity contribution in [2.75, 3.05) is 7.05 Å². The van der Waals surface area contributed by atoms with Crippen molar-refractivity contribution in [1.29, 1.82) is 0 Å². The predicted molar refractivity (Wildman–Crippen MR) is 55.9 cm³/mol. The van der Waals surface area contributed by atoms with Crippen LogP contribution in [0, 0.1) is 0 Å². The lowest BCUT2D eigenvalue weighted by atomic mass is 9.94. The molecule has 1 unspecified atom stereocenters. The Hall–Kier alpha value is -0.570. The van der Waals surface area contributed by atoms with E-state index in [2.05, 4.69) is 0 Å². The van der Waals surface area contributed by atoms with Gasteiger partial charge in [-0.3, -0.25) is 4.79 Å². The quantitative estimate of drug-likeness (QED) is 0.749. The number of carbonyl (C=O) groups excluding carboxylic acids is 1. The Bertz CT molecular complexity index is 188. The number of carbonyl (C=O) groups is 1. The minimum atomic E-state index is -0.804. The molecule has 1 amide bonds. The van der Waals surface area contributed by atoms with Gasteiger partial charge in [0, 0.05) is 13.1 Å². The molecule has 0 heterocycles. The summed E-state index contributed by atoms with van der Waals surface area (Å²) in [7, 11) is 1.82. The van der Waals surface area contributed by atoms with Crippen molar-refractivity contribution < 1.29 is 9.90 Å². The summed E-state index contributed by atoms with van der Waals surface area (Å²) in [5, 5.41) is 9.44. The zero-order valence-electron chi connectivity index (χ0n) is 9.20. The van der Waals surface area contributed by atoms with Gasteiger partial charge in [-0.05, 0) is 19.3 Å². The summed E-state index contributed by atoms with van der Waals surface area (Å²) >= 11 is 0. The molecular formula is C11H21NO2. The first-order chi connectivity index (χ1) is 6.66. The fraction of sp³-hybridized carbons (Fsp3) is 0.909. The number of likely N-dealkylation sites (N-methyl/N-ethyl adjacent to an activating group) is 1. The van der Waals surface area contributed by atoms with Crippen LogP contribution in [-0.2, 0) is 4.79 Å². The van der Waals surface area contributed by atoms with Gasteiger partial charge in [-0.15, -0.1) is 0 Å². The summed E-state index contributed by atoms with van der Waals surface area (Å²) in [5.74, 6) is -0.112. The Morgan fingerprint density at radius 1 is 1.43 bits per heavy atom. The number of hydrogen-bond donors (Lipinski definition) is 1. The molecule has 1 N–H and O–H groups in total. The number of nitrogens with zero attached hydrogens (tertiary/aromatic N) is 1. The largest absolute Gasteiger partial charge is 0.383 e. The zero-order chi connectivity index (χ0) is 10.6. The molecule has 1 saturated carbocycles. The van der Waals surface area contributed by atoms with Gasteiger partial charge < -0.3 is 10.0 Å². The Morgan fingerprint density at radius 3 is 2.50 bits per heavy atom. The Labute approximate surface area is 86.1 Å². The first-order valence-electron chi connectivity index (χ1n) is 5.61. The van der Waals surface area contributed by atoms with Crippen LogP contribution >= 0.6 is 0 Å². The molecule has 1 rings (SSSR count). The SMILES string of the molecule is CCC(O)C(=O)N(C)C1CCCCC1. The van der Waals surface area contributed by atoms with Crippen molar-refractivity contribution >= 4 is 5.91 Å². The Kier molecular flexibility index (Phi) is 4.39. The van der Waals surface area contributed by atoms with Crippen LogP contribution in [0.4, 0.5) is 0 Å². The Balaban J connectivity index is 2.45. The van der Waals surface area contributed by atoms with E-state index in [0.717, 1.165) is 12.8 Å². The smallest absolute Gasteiger partial charge is 0.251 e. The fourth-order valence-corrected chi connectivity index (χ4v) is 2.06. The van der Waals surface area contributed by atoms with Crippen molar-refractivity contribution in [2.24, 2.45) is 0 Å². The van der Waals surface area contributed by atoms with Gasteiger partial charge in [0.05, 0.1) is 0 Å². The van der Waals surface area contributed by atoms with Gasteiger partial charge in [-0.1, -0.05) is 26.2 Å². The van der Waals surface area contributed by atoms with Gasteiger partial charge in [0.2, 0.25) is 0 Å². The van der Waals surface area contributed by atoms with Gasteiger partial charge in [-0.2, -0.15) is 0 Å². The number of aliphatic hydroxyl groups excluding tert-OH is 1. The standard InChI is InChI=1S/C11H21NO2/c1-3-10(13)11(14)12(2)9-7-5-4-6-8-9/h9-10,13H,3-8H2,1-2H3. The highest BCUT2D eigenvalue weighted by molar-refractivity contribution is 5.80. The van der Waals surface area contributed by atoms with Crippen LogP contribution in [0.15, 0.2) is 0 Å². The third kappa shape index (κ3) is 2.71. The summed E-state index contributed by atoms with van der Waals surface area (Å²) in [6, 6.07) is 0.359. The van der Waals surface area contributed by atoms with Gasteiger partial charge in [0.15, 0.2) is 0 Å². The molecule has 0 aromatic heterocycles. The second-order valence-corrected chi connectivity index (χ2v) is 4.17. The van der Waals surface area contributed by atoms with Gasteiger partial charge in [-0.25, -0.2) is 0 Å². The maximum atomic E-state index is 11.6. The molecule has 0 spiro atoms. The highest BCUT2D eigenvalue weighted by Crippen LogP contribution is 2.22. The lowest BCUT2D eigenvalue weighted by Gasteiger charge is -2.32. The molecule has 0 radical (unpaired) electrons. The van der Waals surface area contributed by atoms with Crippen molar-refractivity contribution in [3.63, 3.8) is 0 Å². The maximum absolute atomic E-state index is 11.6. The van der Waals surface area contributed by atoms with E-state index in [1.54, 1.807) is 4.90 Å². The number of hydrogen-bond acceptors (Lipinski definition) is 2. The second kappa shape index (κ2) is 5.35. The molecule has 3 nitrogen and oxygen atoms in total. The van der Waals surface area contributed by atoms with Crippen LogP contribution in [0.1, 0.15) is 45.4 Å². The summed E-state index contributed by atoms with van der Waals surface area (Å²) in [5.41, 5.74) is 0. The molecule has 1 fully saturated rings. The predicted octanol–water partition coefficient (Wildman–Crippen LogP) is 1.55. The second-order valence-electron chi connectivity index (χ2n) is 4.17. The van der Waals surface area contributed by atoms with E-state index in [1.807, 2.05) is 14.0 Å². The average Bonchev–Trinajstić information content (AvgIpc) is 2.27. The minimum Gasteiger partial charge on any atom is -0.383 e. The third-order valence-electron chi connectivity index (χ3n) is 3.14. The lowest BCUT2D eigenvalue weighted by Crippen LogP contribution is -2.43.